The van der Waals surface area contributed by atoms with Crippen LogP contribution < -0.4 is 0 Å². The molecule has 2 radical (unpaired) electrons. The summed E-state index contributed by atoms with van der Waals surface area (Å²) in [5, 5.41) is 24.1. The van der Waals surface area contributed by atoms with Crippen molar-refractivity contribution >= 4 is 28.4 Å². The molecule has 0 aromatic heterocycles. The second-order valence-electron chi connectivity index (χ2n) is 14.3. The molecule has 0 aliphatic carbocycles. The molecule has 0 atom stereocenters. The maximum atomic E-state index is 9.33. The number of aryl methyl sites for hydroxylation is 8. The van der Waals surface area contributed by atoms with Gasteiger partial charge in [0.2, 0.25) is 0 Å². The second kappa shape index (κ2) is 24.2. The van der Waals surface area contributed by atoms with Gasteiger partial charge in [-0.05, 0) is 87.8 Å². The average Bonchev–Trinajstić information content (AvgIpc) is 3.86. The normalized spacial score (nSPS) is 9.84. The summed E-state index contributed by atoms with van der Waals surface area (Å²) in [5.74, 6) is 0.844. The van der Waals surface area contributed by atoms with Gasteiger partial charge in [0.1, 0.15) is 11.5 Å². The van der Waals surface area contributed by atoms with Crippen molar-refractivity contribution in [1.29, 1.82) is 0 Å². The molecule has 0 fully saturated rings. The molecule has 0 amide bonds. The molecule has 0 aliphatic rings. The number of phenols is 2. The number of phenolic OH excluding ortho intramolecular Hbond substituents is 2. The van der Waals surface area contributed by atoms with Crippen LogP contribution in [0.15, 0.2) is 146 Å². The molecule has 8 rings (SSSR count). The molecule has 0 saturated carbocycles. The van der Waals surface area contributed by atoms with Crippen LogP contribution in [0.2, 0.25) is 0 Å². The van der Waals surface area contributed by atoms with Crippen LogP contribution in [0.25, 0.3) is 43.8 Å². The van der Waals surface area contributed by atoms with Gasteiger partial charge in [-0.2, -0.15) is 12.1 Å². The molecule has 8 aromatic carbocycles. The zero-order valence-corrected chi connectivity index (χ0v) is 39.6. The van der Waals surface area contributed by atoms with Gasteiger partial charge in [0.25, 0.3) is 0 Å². The van der Waals surface area contributed by atoms with Gasteiger partial charge in [0, 0.05) is 0 Å². The van der Waals surface area contributed by atoms with Crippen molar-refractivity contribution in [2.24, 2.45) is 0 Å². The molecule has 0 saturated heterocycles. The minimum absolute atomic E-state index is 0. The Bertz CT molecular complexity index is 2240. The number of rotatable bonds is 4. The molecule has 0 heterocycles. The predicted octanol–water partition coefficient (Wildman–Crippen LogP) is 14.7. The van der Waals surface area contributed by atoms with Crippen molar-refractivity contribution in [2.45, 2.75) is 68.2 Å². The Hall–Kier alpha value is -4.76. The topological polar surface area (TPSA) is 40.5 Å². The molecule has 8 aromatic rings. The summed E-state index contributed by atoms with van der Waals surface area (Å²) in [7, 11) is 0. The van der Waals surface area contributed by atoms with Gasteiger partial charge in [-0.25, -0.2) is 0 Å². The van der Waals surface area contributed by atoms with E-state index in [0.29, 0.717) is 11.5 Å². The van der Waals surface area contributed by atoms with Gasteiger partial charge < -0.3 is 25.1 Å². The number of fused-ring (bicyclic) bond motifs is 2. The van der Waals surface area contributed by atoms with Crippen LogP contribution in [-0.4, -0.2) is 17.1 Å². The summed E-state index contributed by atoms with van der Waals surface area (Å²) in [5.41, 5.74) is 14.3. The summed E-state index contributed by atoms with van der Waals surface area (Å²) in [6.45, 7) is 19.2. The van der Waals surface area contributed by atoms with Crippen molar-refractivity contribution in [1.82, 2.24) is 0 Å². The SMILES string of the molecule is CCc1cc2c(-c3ccccc3)cccc2[cH-]1.CCc1cc2c(-c3ccccc3)cccc2[cH-]1.Cc1cc(C)c(O)c(C)c1.Cc1cc(C)c(O)c(C)c1.[CH3-].[CH3-].[Si]=[Zr]. The number of hydrogen-bond acceptors (Lipinski definition) is 2. The van der Waals surface area contributed by atoms with E-state index in [9.17, 15) is 10.2 Å². The fourth-order valence-electron chi connectivity index (χ4n) is 7.09. The van der Waals surface area contributed by atoms with E-state index in [1.807, 2.05) is 65.8 Å². The Morgan fingerprint density at radius 2 is 0.759 bits per heavy atom. The van der Waals surface area contributed by atoms with Crippen molar-refractivity contribution < 1.29 is 33.5 Å². The van der Waals surface area contributed by atoms with Crippen LogP contribution >= 0.6 is 0 Å². The first-order valence-corrected chi connectivity index (χ1v) is 23.4. The molecule has 4 heteroatoms. The van der Waals surface area contributed by atoms with E-state index in [1.165, 1.54) is 89.4 Å². The van der Waals surface area contributed by atoms with E-state index in [1.54, 1.807) is 0 Å². The zero-order valence-electron chi connectivity index (χ0n) is 36.2. The van der Waals surface area contributed by atoms with E-state index in [4.69, 9.17) is 0 Å². The monoisotopic (exact) mass is 858 g/mol. The Labute approximate surface area is 366 Å². The van der Waals surface area contributed by atoms with Crippen molar-refractivity contribution in [3.63, 3.8) is 0 Å². The summed E-state index contributed by atoms with van der Waals surface area (Å²) < 4.78 is 0. The Morgan fingerprint density at radius 3 is 1.05 bits per heavy atom. The number of benzene rings is 6. The van der Waals surface area contributed by atoms with Crippen molar-refractivity contribution in [3.05, 3.63) is 205 Å². The van der Waals surface area contributed by atoms with Gasteiger partial charge in [-0.1, -0.05) is 133 Å². The van der Waals surface area contributed by atoms with E-state index >= 15 is 0 Å². The molecular weight excluding hydrogens is 800 g/mol. The third kappa shape index (κ3) is 13.1. The molecular formula is C54H60O2SiZr-4. The molecule has 2 N–H and O–H groups in total. The third-order valence-corrected chi connectivity index (χ3v) is 9.88. The van der Waals surface area contributed by atoms with Gasteiger partial charge in [-0.3, -0.25) is 0 Å². The summed E-state index contributed by atoms with van der Waals surface area (Å²) in [6, 6.07) is 51.4. The van der Waals surface area contributed by atoms with Crippen LogP contribution in [0.3, 0.4) is 0 Å². The zero-order chi connectivity index (χ0) is 40.8. The van der Waals surface area contributed by atoms with E-state index in [-0.39, 0.29) is 14.9 Å². The van der Waals surface area contributed by atoms with Crippen LogP contribution in [0, 0.1) is 56.4 Å². The predicted molar refractivity (Wildman–Crippen MR) is 252 cm³/mol. The van der Waals surface area contributed by atoms with Crippen molar-refractivity contribution in [3.8, 4) is 33.8 Å². The fraction of sp³-hybridized carbons (Fsp3) is 0.185. The second-order valence-corrected chi connectivity index (χ2v) is 14.3. The fourth-order valence-corrected chi connectivity index (χ4v) is 7.09. The van der Waals surface area contributed by atoms with Crippen LogP contribution in [0.4, 0.5) is 0 Å². The first-order chi connectivity index (χ1) is 27.0. The first-order valence-electron chi connectivity index (χ1n) is 19.2. The summed E-state index contributed by atoms with van der Waals surface area (Å²) in [4.78, 5) is 0. The Kier molecular flexibility index (Phi) is 20.6. The molecule has 0 aliphatic heterocycles. The van der Waals surface area contributed by atoms with Crippen LogP contribution in [0.1, 0.15) is 58.4 Å². The molecule has 0 unspecified atom stereocenters. The van der Waals surface area contributed by atoms with Crippen LogP contribution in [-0.2, 0) is 36.2 Å². The van der Waals surface area contributed by atoms with Gasteiger partial charge in [-0.15, -0.1) is 69.1 Å². The van der Waals surface area contributed by atoms with E-state index < -0.39 is 0 Å². The van der Waals surface area contributed by atoms with Crippen molar-refractivity contribution in [2.75, 3.05) is 0 Å². The summed E-state index contributed by atoms with van der Waals surface area (Å²) in [6.07, 6.45) is 2.20. The van der Waals surface area contributed by atoms with Gasteiger partial charge in [0.05, 0.1) is 0 Å². The quantitative estimate of drug-likeness (QED) is 0.137. The Balaban J connectivity index is 0.000000268. The minimum atomic E-state index is 0. The maximum absolute atomic E-state index is 9.33. The van der Waals surface area contributed by atoms with E-state index in [2.05, 4.69) is 142 Å². The van der Waals surface area contributed by atoms with E-state index in [0.717, 1.165) is 35.1 Å². The molecule has 58 heavy (non-hydrogen) atoms. The Morgan fingerprint density at radius 1 is 0.448 bits per heavy atom. The average molecular weight is 860 g/mol. The third-order valence-electron chi connectivity index (χ3n) is 9.88. The molecule has 2 nitrogen and oxygen atoms in total. The molecule has 0 bridgehead atoms. The number of hydrogen-bond donors (Lipinski definition) is 2. The molecule has 300 valence electrons. The van der Waals surface area contributed by atoms with Crippen LogP contribution in [0.5, 0.6) is 11.5 Å². The van der Waals surface area contributed by atoms with Gasteiger partial charge >= 0.3 is 30.2 Å². The first kappa shape index (κ1) is 49.4. The van der Waals surface area contributed by atoms with Gasteiger partial charge in [0.15, 0.2) is 0 Å². The molecule has 0 spiro atoms. The summed E-state index contributed by atoms with van der Waals surface area (Å²) >= 11 is 1.36. The standard InChI is InChI=1S/2C17H15.2C9H12O.2CH3.Si.Zr/c2*1-2-13-11-15-9-6-10-16(17(15)12-13)14-7-4-3-5-8-14;2*1-6-4-7(2)9(10)8(3)5-6;;;;/h2*3-12H,2H2,1H3;2*4-5,10H,1-3H3;2*1H3;;/q2*-1;;;2*-1;;. The number of aromatic hydroxyl groups is 2.